The van der Waals surface area contributed by atoms with Crippen molar-refractivity contribution in [1.82, 2.24) is 14.8 Å². The molecule has 3 rings (SSSR count). The summed E-state index contributed by atoms with van der Waals surface area (Å²) >= 11 is -0.247. The molecule has 31 heavy (non-hydrogen) atoms. The number of carbonyl (C=O) groups is 2. The van der Waals surface area contributed by atoms with E-state index >= 15 is 0 Å². The van der Waals surface area contributed by atoms with Crippen molar-refractivity contribution in [2.24, 2.45) is 0 Å². The van der Waals surface area contributed by atoms with E-state index in [-0.39, 0.29) is 28.9 Å². The number of hydrogen-bond acceptors (Lipinski definition) is 5. The maximum absolute atomic E-state index is 13.1. The van der Waals surface area contributed by atoms with Gasteiger partial charge in [0.15, 0.2) is 0 Å². The Morgan fingerprint density at radius 1 is 1.10 bits per heavy atom. The van der Waals surface area contributed by atoms with E-state index in [1.54, 1.807) is 26.1 Å². The second kappa shape index (κ2) is 8.51. The summed E-state index contributed by atoms with van der Waals surface area (Å²) in [6.45, 7) is 4.16. The molecule has 2 aromatic rings. The highest BCUT2D eigenvalue weighted by Crippen LogP contribution is 2.38. The first-order valence-corrected chi connectivity index (χ1v) is 10.3. The minimum Gasteiger partial charge on any atom is -0.305 e. The summed E-state index contributed by atoms with van der Waals surface area (Å²) in [4.78, 5) is 34.9. The number of nitrogens with zero attached hydrogens (tertiary/aromatic N) is 4. The van der Waals surface area contributed by atoms with Crippen molar-refractivity contribution in [3.8, 4) is 0 Å². The molecule has 0 N–H and O–H groups in total. The molecule has 0 aliphatic carbocycles. The van der Waals surface area contributed by atoms with Crippen molar-refractivity contribution in [3.05, 3.63) is 53.9 Å². The van der Waals surface area contributed by atoms with Gasteiger partial charge in [0.25, 0.3) is 5.91 Å². The smallest absolute Gasteiger partial charge is 0.305 e. The van der Waals surface area contributed by atoms with Gasteiger partial charge in [0, 0.05) is 24.2 Å². The van der Waals surface area contributed by atoms with Gasteiger partial charge in [-0.05, 0) is 81.7 Å². The van der Waals surface area contributed by atoms with Gasteiger partial charge in [-0.25, -0.2) is 9.69 Å². The Morgan fingerprint density at radius 2 is 1.74 bits per heavy atom. The monoisotopic (exact) mass is 452 g/mol. The van der Waals surface area contributed by atoms with Crippen LogP contribution in [0.3, 0.4) is 0 Å². The lowest BCUT2D eigenvalue weighted by atomic mass is 10.0. The number of aromatic nitrogens is 1. The normalized spacial score (nSPS) is 16.5. The van der Waals surface area contributed by atoms with Crippen LogP contribution in [0.1, 0.15) is 25.1 Å². The van der Waals surface area contributed by atoms with Gasteiger partial charge < -0.3 is 9.80 Å². The molecule has 1 aliphatic heterocycles. The summed E-state index contributed by atoms with van der Waals surface area (Å²) in [7, 11) is 3.85. The first-order valence-electron chi connectivity index (χ1n) is 9.49. The van der Waals surface area contributed by atoms with Crippen LogP contribution in [0.4, 0.5) is 23.7 Å². The lowest BCUT2D eigenvalue weighted by molar-refractivity contribution is -0.123. The minimum absolute atomic E-state index is 0.0170. The predicted octanol–water partition coefficient (Wildman–Crippen LogP) is 4.50. The molecule has 1 aliphatic rings. The van der Waals surface area contributed by atoms with E-state index in [1.165, 1.54) is 29.2 Å². The van der Waals surface area contributed by atoms with Gasteiger partial charge in [-0.2, -0.15) is 13.2 Å². The fraction of sp³-hybridized carbons (Fsp3) is 0.381. The van der Waals surface area contributed by atoms with Crippen LogP contribution in [0, 0.1) is 0 Å². The highest BCUT2D eigenvalue weighted by molar-refractivity contribution is 8.00. The number of imide groups is 1. The number of urea groups is 1. The summed E-state index contributed by atoms with van der Waals surface area (Å²) < 4.78 is 37.7. The number of pyridine rings is 1. The van der Waals surface area contributed by atoms with Crippen molar-refractivity contribution in [3.63, 3.8) is 0 Å². The third-order valence-corrected chi connectivity index (χ3v) is 5.59. The summed E-state index contributed by atoms with van der Waals surface area (Å²) in [5.41, 5.74) is -3.61. The van der Waals surface area contributed by atoms with E-state index in [4.69, 9.17) is 0 Å². The molecule has 0 spiro atoms. The summed E-state index contributed by atoms with van der Waals surface area (Å²) in [5, 5.41) is 0. The van der Waals surface area contributed by atoms with Crippen LogP contribution in [0.25, 0.3) is 0 Å². The van der Waals surface area contributed by atoms with Crippen molar-refractivity contribution < 1.29 is 22.8 Å². The fourth-order valence-electron chi connectivity index (χ4n) is 3.35. The molecule has 0 bridgehead atoms. The van der Waals surface area contributed by atoms with Crippen LogP contribution in [-0.4, -0.2) is 51.9 Å². The number of amides is 3. The highest BCUT2D eigenvalue weighted by atomic mass is 32.2. The second-order valence-corrected chi connectivity index (χ2v) is 9.14. The summed E-state index contributed by atoms with van der Waals surface area (Å²) in [6, 6.07) is 8.37. The number of thioether (sulfide) groups is 1. The molecule has 2 heterocycles. The Hall–Kier alpha value is -2.59. The molecule has 10 heteroatoms. The predicted molar refractivity (Wildman–Crippen MR) is 112 cm³/mol. The quantitative estimate of drug-likeness (QED) is 0.477. The molecule has 1 fully saturated rings. The van der Waals surface area contributed by atoms with Gasteiger partial charge in [0.05, 0.1) is 11.4 Å². The van der Waals surface area contributed by atoms with Gasteiger partial charge >= 0.3 is 11.5 Å². The fourth-order valence-corrected chi connectivity index (χ4v) is 3.88. The van der Waals surface area contributed by atoms with Gasteiger partial charge in [0.1, 0.15) is 5.54 Å². The molecule has 0 saturated carbocycles. The number of benzene rings is 1. The summed E-state index contributed by atoms with van der Waals surface area (Å²) in [6.07, 6.45) is 1.67. The van der Waals surface area contributed by atoms with Gasteiger partial charge in [-0.3, -0.25) is 9.78 Å². The van der Waals surface area contributed by atoms with Crippen molar-refractivity contribution in [2.75, 3.05) is 19.0 Å². The van der Waals surface area contributed by atoms with Crippen molar-refractivity contribution in [2.45, 2.75) is 42.9 Å². The molecule has 6 nitrogen and oxygen atoms in total. The van der Waals surface area contributed by atoms with Crippen LogP contribution in [0.2, 0.25) is 0 Å². The van der Waals surface area contributed by atoms with E-state index in [2.05, 4.69) is 4.98 Å². The SMILES string of the molecule is CN(C)Cc1cc(CN2C(=O)N(c3ccc(SC(F)(F)F)cc3)C(=O)C2(C)C)ccn1. The maximum Gasteiger partial charge on any atom is 0.446 e. The molecule has 1 aromatic heterocycles. The van der Waals surface area contributed by atoms with E-state index < -0.39 is 23.0 Å². The summed E-state index contributed by atoms with van der Waals surface area (Å²) in [5.74, 6) is -0.434. The maximum atomic E-state index is 13.1. The zero-order valence-electron chi connectivity index (χ0n) is 17.6. The van der Waals surface area contributed by atoms with E-state index in [1.807, 2.05) is 25.1 Å². The minimum atomic E-state index is -4.41. The van der Waals surface area contributed by atoms with Crippen molar-refractivity contribution in [1.29, 1.82) is 0 Å². The molecule has 0 radical (unpaired) electrons. The standard InChI is InChI=1S/C21H23F3N4O2S/c1-20(2)18(29)28(16-5-7-17(8-6-16)31-21(22,23)24)19(30)27(20)12-14-9-10-25-15(11-14)13-26(3)4/h5-11H,12-13H2,1-4H3. The number of alkyl halides is 3. The number of anilines is 1. The number of rotatable bonds is 6. The van der Waals surface area contributed by atoms with E-state index in [0.717, 1.165) is 16.2 Å². The van der Waals surface area contributed by atoms with Gasteiger partial charge in [-0.15, -0.1) is 0 Å². The van der Waals surface area contributed by atoms with Crippen LogP contribution >= 0.6 is 11.8 Å². The third kappa shape index (κ3) is 5.19. The Labute approximate surface area is 183 Å². The van der Waals surface area contributed by atoms with Gasteiger partial charge in [-0.1, -0.05) is 0 Å². The average Bonchev–Trinajstić information content (AvgIpc) is 2.81. The van der Waals surface area contributed by atoms with E-state index in [0.29, 0.717) is 6.54 Å². The van der Waals surface area contributed by atoms with E-state index in [9.17, 15) is 22.8 Å². The lowest BCUT2D eigenvalue weighted by Crippen LogP contribution is -2.43. The van der Waals surface area contributed by atoms with Crippen LogP contribution in [0.15, 0.2) is 47.5 Å². The zero-order chi connectivity index (χ0) is 23.0. The topological polar surface area (TPSA) is 56.8 Å². The molecule has 166 valence electrons. The molecule has 0 unspecified atom stereocenters. The molecule has 1 aromatic carbocycles. The van der Waals surface area contributed by atoms with Crippen molar-refractivity contribution >= 4 is 29.4 Å². The Balaban J connectivity index is 1.83. The van der Waals surface area contributed by atoms with Crippen LogP contribution in [0.5, 0.6) is 0 Å². The third-order valence-electron chi connectivity index (χ3n) is 4.85. The molecular formula is C21H23F3N4O2S. The molecule has 1 saturated heterocycles. The highest BCUT2D eigenvalue weighted by Gasteiger charge is 2.51. The first-order chi connectivity index (χ1) is 14.4. The second-order valence-electron chi connectivity index (χ2n) is 8.00. The Kier molecular flexibility index (Phi) is 6.33. The first kappa shape index (κ1) is 23.1. The number of halogens is 3. The lowest BCUT2D eigenvalue weighted by Gasteiger charge is -2.27. The molecular weight excluding hydrogens is 429 g/mol. The molecule has 0 atom stereocenters. The number of hydrogen-bond donors (Lipinski definition) is 0. The largest absolute Gasteiger partial charge is 0.446 e. The van der Waals surface area contributed by atoms with Gasteiger partial charge in [0.2, 0.25) is 0 Å². The Bertz CT molecular complexity index is 977. The van der Waals surface area contributed by atoms with Crippen LogP contribution < -0.4 is 4.90 Å². The number of carbonyl (C=O) groups excluding carboxylic acids is 2. The average molecular weight is 453 g/mol. The Morgan fingerprint density at radius 3 is 2.32 bits per heavy atom. The van der Waals surface area contributed by atoms with Crippen LogP contribution in [-0.2, 0) is 17.9 Å². The molecule has 3 amide bonds. The zero-order valence-corrected chi connectivity index (χ0v) is 18.4.